The molecule has 1 unspecified atom stereocenters. The summed E-state index contributed by atoms with van der Waals surface area (Å²) < 4.78 is 33.0. The summed E-state index contributed by atoms with van der Waals surface area (Å²) in [5.74, 6) is 0. The largest absolute Gasteiger partial charge is 0.385 e. The lowest BCUT2D eigenvalue weighted by Crippen LogP contribution is -2.29. The van der Waals surface area contributed by atoms with E-state index in [1.54, 1.807) is 20.2 Å². The molecule has 3 rings (SSSR count). The average Bonchev–Trinajstić information content (AvgIpc) is 2.69. The zero-order chi connectivity index (χ0) is 18.9. The molecule has 0 aromatic heterocycles. The lowest BCUT2D eigenvalue weighted by atomic mass is 9.90. The lowest BCUT2D eigenvalue weighted by molar-refractivity contribution is 0.170. The monoisotopic (exact) mass is 396 g/mol. The maximum atomic E-state index is 13.2. The van der Waals surface area contributed by atoms with E-state index in [1.807, 2.05) is 31.3 Å². The van der Waals surface area contributed by atoms with Crippen LogP contribution in [0.15, 0.2) is 45.9 Å². The summed E-state index contributed by atoms with van der Waals surface area (Å²) >= 11 is 6.22. The van der Waals surface area contributed by atoms with Crippen molar-refractivity contribution in [2.24, 2.45) is 0 Å². The van der Waals surface area contributed by atoms with Gasteiger partial charge in [0.15, 0.2) is 0 Å². The molecule has 2 aliphatic rings. The first-order valence-corrected chi connectivity index (χ1v) is 10.6. The van der Waals surface area contributed by atoms with Gasteiger partial charge in [0.1, 0.15) is 0 Å². The van der Waals surface area contributed by atoms with Crippen molar-refractivity contribution in [2.45, 2.75) is 25.3 Å². The second kappa shape index (κ2) is 7.72. The van der Waals surface area contributed by atoms with Gasteiger partial charge in [-0.15, -0.1) is 0 Å². The van der Waals surface area contributed by atoms with Crippen LogP contribution in [0, 0.1) is 0 Å². The minimum absolute atomic E-state index is 0.0983. The number of anilines is 1. The van der Waals surface area contributed by atoms with Gasteiger partial charge in [-0.05, 0) is 49.6 Å². The number of nitrogens with zero attached hydrogens (tertiary/aromatic N) is 2. The van der Waals surface area contributed by atoms with Gasteiger partial charge in [-0.1, -0.05) is 29.8 Å². The highest BCUT2D eigenvalue weighted by molar-refractivity contribution is 7.96. The highest BCUT2D eigenvalue weighted by Gasteiger charge is 2.38. The Bertz CT molecular complexity index is 848. The Morgan fingerprint density at radius 3 is 2.77 bits per heavy atom. The number of para-hydroxylation sites is 1. The minimum atomic E-state index is -3.64. The predicted octanol–water partition coefficient (Wildman–Crippen LogP) is 3.65. The molecule has 1 aromatic carbocycles. The average molecular weight is 397 g/mol. The van der Waals surface area contributed by atoms with Crippen molar-refractivity contribution in [1.29, 1.82) is 0 Å². The highest BCUT2D eigenvalue weighted by Crippen LogP contribution is 2.46. The van der Waals surface area contributed by atoms with E-state index in [2.05, 4.69) is 4.90 Å². The number of fused-ring (bicyclic) bond motifs is 1. The molecule has 0 spiro atoms. The van der Waals surface area contributed by atoms with Crippen LogP contribution in [-0.4, -0.2) is 47.7 Å². The third kappa shape index (κ3) is 3.43. The molecule has 1 aliphatic heterocycles. The fourth-order valence-corrected chi connectivity index (χ4v) is 5.58. The van der Waals surface area contributed by atoms with Crippen molar-refractivity contribution < 1.29 is 13.2 Å². The van der Waals surface area contributed by atoms with Gasteiger partial charge < -0.3 is 4.74 Å². The van der Waals surface area contributed by atoms with E-state index in [9.17, 15) is 8.42 Å². The summed E-state index contributed by atoms with van der Waals surface area (Å²) in [6.45, 7) is 1.49. The minimum Gasteiger partial charge on any atom is -0.385 e. The Morgan fingerprint density at radius 1 is 1.31 bits per heavy atom. The Balaban J connectivity index is 2.18. The van der Waals surface area contributed by atoms with E-state index in [4.69, 9.17) is 16.3 Å². The third-order valence-electron chi connectivity index (χ3n) is 5.08. The first-order chi connectivity index (χ1) is 12.4. The Hall–Kier alpha value is -1.34. The molecule has 0 saturated carbocycles. The number of sulfonamides is 1. The van der Waals surface area contributed by atoms with Gasteiger partial charge in [0, 0.05) is 32.3 Å². The molecule has 7 heteroatoms. The number of hydrogen-bond donors (Lipinski definition) is 0. The van der Waals surface area contributed by atoms with E-state index < -0.39 is 10.0 Å². The van der Waals surface area contributed by atoms with Gasteiger partial charge in [0.2, 0.25) is 0 Å². The van der Waals surface area contributed by atoms with Gasteiger partial charge >= 0.3 is 0 Å². The number of benzene rings is 1. The van der Waals surface area contributed by atoms with Crippen LogP contribution in [0.2, 0.25) is 0 Å². The predicted molar refractivity (Wildman–Crippen MR) is 106 cm³/mol. The molecule has 26 heavy (non-hydrogen) atoms. The Morgan fingerprint density at radius 2 is 2.04 bits per heavy atom. The summed E-state index contributed by atoms with van der Waals surface area (Å²) in [4.78, 5) is 2.56. The fraction of sp³-hybridized carbons (Fsp3) is 0.474. The molecule has 1 aliphatic carbocycles. The molecular formula is C19H25ClN2O3S. The van der Waals surface area contributed by atoms with Crippen molar-refractivity contribution in [2.75, 3.05) is 38.7 Å². The van der Waals surface area contributed by atoms with E-state index in [0.29, 0.717) is 29.4 Å². The smallest absolute Gasteiger partial charge is 0.264 e. The van der Waals surface area contributed by atoms with Crippen LogP contribution in [0.4, 0.5) is 5.69 Å². The van der Waals surface area contributed by atoms with Gasteiger partial charge in [-0.3, -0.25) is 9.21 Å². The zero-order valence-electron chi connectivity index (χ0n) is 15.4. The number of rotatable bonds is 5. The normalized spacial score (nSPS) is 22.0. The maximum absolute atomic E-state index is 13.2. The molecule has 1 heterocycles. The number of likely N-dealkylation sites (N-methyl/N-ethyl adjacent to an activating group) is 1. The first kappa shape index (κ1) is 19.4. The molecule has 0 bridgehead atoms. The summed E-state index contributed by atoms with van der Waals surface area (Å²) in [7, 11) is 1.71. The van der Waals surface area contributed by atoms with E-state index >= 15 is 0 Å². The number of allylic oxidation sites excluding steroid dienone is 2. The van der Waals surface area contributed by atoms with Gasteiger partial charge in [0.05, 0.1) is 16.6 Å². The molecule has 5 nitrogen and oxygen atoms in total. The van der Waals surface area contributed by atoms with Gasteiger partial charge in [-0.25, -0.2) is 8.42 Å². The topological polar surface area (TPSA) is 49.9 Å². The zero-order valence-corrected chi connectivity index (χ0v) is 17.0. The van der Waals surface area contributed by atoms with Crippen LogP contribution < -0.4 is 4.31 Å². The lowest BCUT2D eigenvalue weighted by Gasteiger charge is -2.32. The van der Waals surface area contributed by atoms with Crippen LogP contribution in [0.25, 0.3) is 0 Å². The molecular weight excluding hydrogens is 372 g/mol. The molecule has 0 fully saturated rings. The van der Waals surface area contributed by atoms with Gasteiger partial charge in [0.25, 0.3) is 10.0 Å². The number of hydrogen-bond acceptors (Lipinski definition) is 4. The van der Waals surface area contributed by atoms with E-state index in [-0.39, 0.29) is 6.04 Å². The molecule has 1 aromatic rings. The molecule has 0 saturated heterocycles. The summed E-state index contributed by atoms with van der Waals surface area (Å²) in [5.41, 5.74) is 2.65. The van der Waals surface area contributed by atoms with E-state index in [0.717, 1.165) is 29.8 Å². The highest BCUT2D eigenvalue weighted by atomic mass is 35.5. The third-order valence-corrected chi connectivity index (χ3v) is 7.23. The Labute approximate surface area is 160 Å². The number of methoxy groups -OCH3 is 1. The molecule has 1 atom stereocenters. The standard InChI is InChI=1S/C19H25ClN2O3S/c1-21(11-6-12-25-3)19-15-7-4-5-8-17(15)22(2)26(23,24)18-13-14(20)9-10-16(18)19/h4-5,7-8,13,19H,6,9-12H2,1-3H3. The number of ether oxygens (including phenoxy) is 1. The van der Waals surface area contributed by atoms with Crippen LogP contribution in [0.1, 0.15) is 30.9 Å². The molecule has 0 N–H and O–H groups in total. The summed E-state index contributed by atoms with van der Waals surface area (Å²) in [5, 5.41) is 0.590. The summed E-state index contributed by atoms with van der Waals surface area (Å²) in [6, 6.07) is 7.63. The first-order valence-electron chi connectivity index (χ1n) is 8.74. The quantitative estimate of drug-likeness (QED) is 0.713. The van der Waals surface area contributed by atoms with Crippen molar-refractivity contribution in [3.63, 3.8) is 0 Å². The van der Waals surface area contributed by atoms with Crippen LogP contribution in [0.5, 0.6) is 0 Å². The maximum Gasteiger partial charge on any atom is 0.264 e. The van der Waals surface area contributed by atoms with Crippen molar-refractivity contribution in [1.82, 2.24) is 4.90 Å². The molecule has 0 amide bonds. The summed E-state index contributed by atoms with van der Waals surface area (Å²) in [6.07, 6.45) is 3.83. The second-order valence-electron chi connectivity index (χ2n) is 6.74. The molecule has 0 radical (unpaired) electrons. The second-order valence-corrected chi connectivity index (χ2v) is 9.16. The van der Waals surface area contributed by atoms with Crippen molar-refractivity contribution in [3.8, 4) is 0 Å². The van der Waals surface area contributed by atoms with Crippen molar-refractivity contribution >= 4 is 27.3 Å². The van der Waals surface area contributed by atoms with Gasteiger partial charge in [-0.2, -0.15) is 0 Å². The van der Waals surface area contributed by atoms with Crippen LogP contribution in [0.3, 0.4) is 0 Å². The Kier molecular flexibility index (Phi) is 5.77. The molecule has 142 valence electrons. The SMILES string of the molecule is COCCCN(C)C1C2=C(C=C(Cl)CC2)S(=O)(=O)N(C)c2ccccc21. The van der Waals surface area contributed by atoms with E-state index in [1.165, 1.54) is 4.31 Å². The van der Waals surface area contributed by atoms with Crippen LogP contribution >= 0.6 is 11.6 Å². The van der Waals surface area contributed by atoms with Crippen LogP contribution in [-0.2, 0) is 14.8 Å². The number of halogens is 1. The van der Waals surface area contributed by atoms with Crippen molar-refractivity contribution in [3.05, 3.63) is 51.4 Å². The fourth-order valence-electron chi connectivity index (χ4n) is 3.76.